The van der Waals surface area contributed by atoms with Crippen LogP contribution in [-0.2, 0) is 0 Å². The molecule has 0 aromatic rings. The first-order valence-electron chi connectivity index (χ1n) is 4.82. The van der Waals surface area contributed by atoms with Crippen LogP contribution in [0.3, 0.4) is 0 Å². The number of nitriles is 1. The molecule has 1 saturated heterocycles. The average Bonchev–Trinajstić information content (AvgIpc) is 2.71. The zero-order valence-corrected chi connectivity index (χ0v) is 8.73. The van der Waals surface area contributed by atoms with Gasteiger partial charge < -0.3 is 4.90 Å². The molecular formula is C10H14N2S. The highest BCUT2D eigenvalue weighted by Gasteiger charge is 2.27. The Bertz CT molecular complexity index is 271. The summed E-state index contributed by atoms with van der Waals surface area (Å²) in [6.07, 6.45) is 2.59. The summed E-state index contributed by atoms with van der Waals surface area (Å²) in [5, 5.41) is 9.44. The second-order valence-corrected chi connectivity index (χ2v) is 4.95. The van der Waals surface area contributed by atoms with Gasteiger partial charge in [0.15, 0.2) is 0 Å². The number of likely N-dealkylation sites (tertiary alicyclic amines) is 1. The first-order valence-corrected chi connectivity index (χ1v) is 5.87. The van der Waals surface area contributed by atoms with Gasteiger partial charge in [0.1, 0.15) is 0 Å². The fourth-order valence-electron chi connectivity index (χ4n) is 2.00. The van der Waals surface area contributed by atoms with Gasteiger partial charge in [0.05, 0.1) is 11.6 Å². The fraction of sp³-hybridized carbons (Fsp3) is 0.700. The summed E-state index contributed by atoms with van der Waals surface area (Å²) in [4.78, 5) is 2.40. The Morgan fingerprint density at radius 1 is 1.46 bits per heavy atom. The Morgan fingerprint density at radius 3 is 2.77 bits per heavy atom. The molecule has 13 heavy (non-hydrogen) atoms. The summed E-state index contributed by atoms with van der Waals surface area (Å²) < 4.78 is 0. The van der Waals surface area contributed by atoms with Crippen LogP contribution < -0.4 is 0 Å². The third kappa shape index (κ3) is 1.55. The minimum atomic E-state index is 0.417. The molecule has 1 unspecified atom stereocenters. The van der Waals surface area contributed by atoms with Crippen LogP contribution in [0.4, 0.5) is 0 Å². The highest BCUT2D eigenvalue weighted by molar-refractivity contribution is 8.00. The van der Waals surface area contributed by atoms with E-state index in [4.69, 9.17) is 5.26 Å². The van der Waals surface area contributed by atoms with E-state index in [0.29, 0.717) is 5.25 Å². The molecule has 2 aliphatic heterocycles. The van der Waals surface area contributed by atoms with Crippen molar-refractivity contribution in [2.75, 3.05) is 18.8 Å². The van der Waals surface area contributed by atoms with E-state index in [9.17, 15) is 0 Å². The number of thioether (sulfide) groups is 1. The Balaban J connectivity index is 2.20. The van der Waals surface area contributed by atoms with Crippen molar-refractivity contribution in [2.45, 2.75) is 25.0 Å². The summed E-state index contributed by atoms with van der Waals surface area (Å²) >= 11 is 1.89. The molecule has 0 aromatic heterocycles. The molecule has 2 heterocycles. The first kappa shape index (κ1) is 8.96. The number of nitrogens with zero attached hydrogens (tertiary/aromatic N) is 2. The summed E-state index contributed by atoms with van der Waals surface area (Å²) in [5.74, 6) is 1.05. The predicted molar refractivity (Wildman–Crippen MR) is 55.4 cm³/mol. The maximum Gasteiger partial charge on any atom is 0.0977 e. The Hall–Kier alpha value is -0.620. The van der Waals surface area contributed by atoms with Gasteiger partial charge in [-0.1, -0.05) is 0 Å². The zero-order valence-electron chi connectivity index (χ0n) is 7.92. The molecule has 0 spiro atoms. The van der Waals surface area contributed by atoms with Gasteiger partial charge in [-0.2, -0.15) is 5.26 Å². The lowest BCUT2D eigenvalue weighted by atomic mass is 10.2. The molecule has 3 heteroatoms. The zero-order chi connectivity index (χ0) is 9.26. The molecule has 2 rings (SSSR count). The van der Waals surface area contributed by atoms with E-state index in [1.807, 2.05) is 11.8 Å². The van der Waals surface area contributed by atoms with Gasteiger partial charge in [-0.3, -0.25) is 0 Å². The van der Waals surface area contributed by atoms with Crippen molar-refractivity contribution in [1.82, 2.24) is 4.90 Å². The molecule has 2 nitrogen and oxygen atoms in total. The van der Waals surface area contributed by atoms with E-state index >= 15 is 0 Å². The SMILES string of the molecule is CC1SCC(N2CCCC2)=C1C#N. The second kappa shape index (κ2) is 3.63. The van der Waals surface area contributed by atoms with E-state index in [2.05, 4.69) is 17.9 Å². The first-order chi connectivity index (χ1) is 6.33. The average molecular weight is 194 g/mol. The van der Waals surface area contributed by atoms with E-state index in [0.717, 1.165) is 24.4 Å². The maximum atomic E-state index is 9.02. The van der Waals surface area contributed by atoms with Gasteiger partial charge in [0.25, 0.3) is 0 Å². The van der Waals surface area contributed by atoms with Crippen molar-refractivity contribution in [3.05, 3.63) is 11.3 Å². The van der Waals surface area contributed by atoms with Crippen molar-refractivity contribution < 1.29 is 0 Å². The van der Waals surface area contributed by atoms with Crippen molar-refractivity contribution in [1.29, 1.82) is 5.26 Å². The highest BCUT2D eigenvalue weighted by Crippen LogP contribution is 2.34. The van der Waals surface area contributed by atoms with Crippen molar-refractivity contribution in [2.24, 2.45) is 0 Å². The van der Waals surface area contributed by atoms with Crippen LogP contribution in [0.2, 0.25) is 0 Å². The molecule has 0 radical (unpaired) electrons. The molecule has 0 amide bonds. The smallest absolute Gasteiger partial charge is 0.0977 e. The predicted octanol–water partition coefficient (Wildman–Crippen LogP) is 2.00. The molecular weight excluding hydrogens is 180 g/mol. The number of rotatable bonds is 1. The quantitative estimate of drug-likeness (QED) is 0.639. The summed E-state index contributed by atoms with van der Waals surface area (Å²) in [5.41, 5.74) is 2.34. The minimum Gasteiger partial charge on any atom is -0.373 e. The lowest BCUT2D eigenvalue weighted by molar-refractivity contribution is 0.428. The number of hydrogen-bond donors (Lipinski definition) is 0. The van der Waals surface area contributed by atoms with Gasteiger partial charge in [0, 0.05) is 29.8 Å². The van der Waals surface area contributed by atoms with Crippen LogP contribution in [0.15, 0.2) is 11.3 Å². The Morgan fingerprint density at radius 2 is 2.15 bits per heavy atom. The summed E-state index contributed by atoms with van der Waals surface area (Å²) in [6, 6.07) is 2.36. The molecule has 0 bridgehead atoms. The van der Waals surface area contributed by atoms with Gasteiger partial charge >= 0.3 is 0 Å². The highest BCUT2D eigenvalue weighted by atomic mass is 32.2. The normalized spacial score (nSPS) is 28.3. The molecule has 0 saturated carbocycles. The standard InChI is InChI=1S/C10H14N2S/c1-8-9(6-11)10(7-13-8)12-4-2-3-5-12/h8H,2-5,7H2,1H3. The lowest BCUT2D eigenvalue weighted by Crippen LogP contribution is -2.20. The van der Waals surface area contributed by atoms with Crippen molar-refractivity contribution >= 4 is 11.8 Å². The van der Waals surface area contributed by atoms with Crippen molar-refractivity contribution in [3.63, 3.8) is 0 Å². The molecule has 0 aromatic carbocycles. The maximum absolute atomic E-state index is 9.02. The molecule has 2 aliphatic rings. The van der Waals surface area contributed by atoms with Gasteiger partial charge in [0.2, 0.25) is 0 Å². The van der Waals surface area contributed by atoms with E-state index < -0.39 is 0 Å². The van der Waals surface area contributed by atoms with E-state index in [1.165, 1.54) is 18.5 Å². The Labute approximate surface area is 83.6 Å². The van der Waals surface area contributed by atoms with Crippen LogP contribution in [0.1, 0.15) is 19.8 Å². The van der Waals surface area contributed by atoms with Crippen LogP contribution in [0.25, 0.3) is 0 Å². The van der Waals surface area contributed by atoms with E-state index in [-0.39, 0.29) is 0 Å². The van der Waals surface area contributed by atoms with Crippen LogP contribution in [0.5, 0.6) is 0 Å². The topological polar surface area (TPSA) is 27.0 Å². The summed E-state index contributed by atoms with van der Waals surface area (Å²) in [6.45, 7) is 4.45. The second-order valence-electron chi connectivity index (χ2n) is 3.62. The van der Waals surface area contributed by atoms with Crippen LogP contribution in [-0.4, -0.2) is 29.0 Å². The van der Waals surface area contributed by atoms with Crippen molar-refractivity contribution in [3.8, 4) is 6.07 Å². The molecule has 0 N–H and O–H groups in total. The molecule has 70 valence electrons. The van der Waals surface area contributed by atoms with Gasteiger partial charge in [-0.15, -0.1) is 11.8 Å². The summed E-state index contributed by atoms with van der Waals surface area (Å²) in [7, 11) is 0. The minimum absolute atomic E-state index is 0.417. The monoisotopic (exact) mass is 194 g/mol. The lowest BCUT2D eigenvalue weighted by Gasteiger charge is -2.18. The third-order valence-electron chi connectivity index (χ3n) is 2.80. The van der Waals surface area contributed by atoms with E-state index in [1.54, 1.807) is 0 Å². The molecule has 1 atom stereocenters. The fourth-order valence-corrected chi connectivity index (χ4v) is 3.11. The largest absolute Gasteiger partial charge is 0.373 e. The Kier molecular flexibility index (Phi) is 2.50. The van der Waals surface area contributed by atoms with Crippen LogP contribution in [0, 0.1) is 11.3 Å². The van der Waals surface area contributed by atoms with Gasteiger partial charge in [-0.05, 0) is 19.8 Å². The number of hydrogen-bond acceptors (Lipinski definition) is 3. The molecule has 1 fully saturated rings. The third-order valence-corrected chi connectivity index (χ3v) is 3.97. The van der Waals surface area contributed by atoms with Crippen LogP contribution >= 0.6 is 11.8 Å². The van der Waals surface area contributed by atoms with Gasteiger partial charge in [-0.25, -0.2) is 0 Å². The molecule has 0 aliphatic carbocycles.